The number of aliphatic carboxylic acids is 1. The van der Waals surface area contributed by atoms with E-state index in [1.807, 2.05) is 30.3 Å². The van der Waals surface area contributed by atoms with Crippen molar-refractivity contribution in [2.75, 3.05) is 13.1 Å². The summed E-state index contributed by atoms with van der Waals surface area (Å²) in [6.07, 6.45) is 2.31. The van der Waals surface area contributed by atoms with Gasteiger partial charge < -0.3 is 14.4 Å². The van der Waals surface area contributed by atoms with E-state index in [0.717, 1.165) is 23.2 Å². The second-order valence-corrected chi connectivity index (χ2v) is 5.77. The highest BCUT2D eigenvalue weighted by molar-refractivity contribution is 5.79. The van der Waals surface area contributed by atoms with Gasteiger partial charge in [0.1, 0.15) is 11.3 Å². The highest BCUT2D eigenvalue weighted by Crippen LogP contribution is 2.21. The molecule has 0 saturated carbocycles. The van der Waals surface area contributed by atoms with Gasteiger partial charge in [-0.15, -0.1) is 0 Å². The molecule has 3 rings (SSSR count). The molecule has 2 aromatic rings. The first-order chi connectivity index (χ1) is 10.6. The van der Waals surface area contributed by atoms with E-state index in [4.69, 9.17) is 9.52 Å². The van der Waals surface area contributed by atoms with Gasteiger partial charge in [0.25, 0.3) is 0 Å². The van der Waals surface area contributed by atoms with E-state index in [0.29, 0.717) is 32.4 Å². The number of hydrogen-bond donors (Lipinski definition) is 1. The van der Waals surface area contributed by atoms with Gasteiger partial charge in [-0.2, -0.15) is 0 Å². The maximum absolute atomic E-state index is 12.2. The summed E-state index contributed by atoms with van der Waals surface area (Å²) in [5, 5.41) is 10.1. The molecule has 5 heteroatoms. The number of hydrogen-bond acceptors (Lipinski definition) is 3. The number of nitrogens with zero attached hydrogens (tertiary/aromatic N) is 1. The average Bonchev–Trinajstić information content (AvgIpc) is 2.95. The number of rotatable bonds is 4. The summed E-state index contributed by atoms with van der Waals surface area (Å²) in [5.41, 5.74) is 0.828. The Hall–Kier alpha value is -2.30. The summed E-state index contributed by atoms with van der Waals surface area (Å²) >= 11 is 0. The number of carbonyl (C=O) groups is 2. The standard InChI is InChI=1S/C17H19NO4/c19-16(18-9-3-5-13(11-18)17(20)21)8-7-14-10-12-4-1-2-6-15(12)22-14/h1-2,4,6,10,13H,3,5,7-9,11H2,(H,20,21)/t13-/m0/s1. The van der Waals surface area contributed by atoms with Crippen LogP contribution >= 0.6 is 0 Å². The highest BCUT2D eigenvalue weighted by atomic mass is 16.4. The lowest BCUT2D eigenvalue weighted by Crippen LogP contribution is -2.42. The zero-order valence-corrected chi connectivity index (χ0v) is 12.3. The van der Waals surface area contributed by atoms with E-state index in [1.54, 1.807) is 4.90 Å². The van der Waals surface area contributed by atoms with Crippen LogP contribution in [0.1, 0.15) is 25.0 Å². The van der Waals surface area contributed by atoms with Crippen molar-refractivity contribution in [3.63, 3.8) is 0 Å². The smallest absolute Gasteiger partial charge is 0.308 e. The van der Waals surface area contributed by atoms with Gasteiger partial charge in [0.05, 0.1) is 5.92 Å². The predicted molar refractivity (Wildman–Crippen MR) is 81.5 cm³/mol. The first-order valence-electron chi connectivity index (χ1n) is 7.61. The molecule has 1 fully saturated rings. The van der Waals surface area contributed by atoms with Crippen LogP contribution in [0.5, 0.6) is 0 Å². The van der Waals surface area contributed by atoms with E-state index >= 15 is 0 Å². The second-order valence-electron chi connectivity index (χ2n) is 5.77. The molecule has 5 nitrogen and oxygen atoms in total. The molecule has 1 aromatic carbocycles. The van der Waals surface area contributed by atoms with Crippen molar-refractivity contribution in [2.45, 2.75) is 25.7 Å². The lowest BCUT2D eigenvalue weighted by Gasteiger charge is -2.30. The number of fused-ring (bicyclic) bond motifs is 1. The maximum atomic E-state index is 12.2. The summed E-state index contributed by atoms with van der Waals surface area (Å²) in [4.78, 5) is 25.0. The molecule has 2 heterocycles. The summed E-state index contributed by atoms with van der Waals surface area (Å²) in [7, 11) is 0. The SMILES string of the molecule is O=C(O)[C@H]1CCCN(C(=O)CCc2cc3ccccc3o2)C1. The molecule has 1 N–H and O–H groups in total. The van der Waals surface area contributed by atoms with E-state index in [1.165, 1.54) is 0 Å². The van der Waals surface area contributed by atoms with Gasteiger partial charge in [-0.25, -0.2) is 0 Å². The molecule has 0 radical (unpaired) electrons. The minimum absolute atomic E-state index is 0.00593. The van der Waals surface area contributed by atoms with Gasteiger partial charge in [0, 0.05) is 31.3 Å². The van der Waals surface area contributed by atoms with E-state index in [2.05, 4.69) is 0 Å². The molecule has 0 aliphatic carbocycles. The van der Waals surface area contributed by atoms with Crippen LogP contribution in [0.4, 0.5) is 0 Å². The quantitative estimate of drug-likeness (QED) is 0.942. The molecule has 1 aliphatic heterocycles. The van der Waals surface area contributed by atoms with Crippen LogP contribution in [0.2, 0.25) is 0 Å². The molecule has 0 spiro atoms. The molecule has 0 unspecified atom stereocenters. The van der Waals surface area contributed by atoms with Crippen LogP contribution in [0, 0.1) is 5.92 Å². The number of carboxylic acid groups (broad SMARTS) is 1. The molecule has 22 heavy (non-hydrogen) atoms. The molecule has 116 valence electrons. The number of amides is 1. The molecule has 1 aliphatic rings. The molecular weight excluding hydrogens is 282 g/mol. The number of furan rings is 1. The lowest BCUT2D eigenvalue weighted by atomic mass is 9.98. The van der Waals surface area contributed by atoms with Crippen molar-refractivity contribution in [1.82, 2.24) is 4.90 Å². The third-order valence-corrected chi connectivity index (χ3v) is 4.19. The Bertz CT molecular complexity index is 658. The summed E-state index contributed by atoms with van der Waals surface area (Å²) in [6, 6.07) is 9.71. The summed E-state index contributed by atoms with van der Waals surface area (Å²) < 4.78 is 5.70. The Labute approximate surface area is 128 Å². The van der Waals surface area contributed by atoms with Gasteiger partial charge in [-0.1, -0.05) is 18.2 Å². The molecule has 1 amide bonds. The fourth-order valence-corrected chi connectivity index (χ4v) is 2.95. The monoisotopic (exact) mass is 301 g/mol. The zero-order chi connectivity index (χ0) is 15.5. The van der Waals surface area contributed by atoms with Gasteiger partial charge >= 0.3 is 5.97 Å². The lowest BCUT2D eigenvalue weighted by molar-refractivity contribution is -0.145. The number of piperidine rings is 1. The third kappa shape index (κ3) is 3.13. The minimum Gasteiger partial charge on any atom is -0.481 e. The number of aryl methyl sites for hydroxylation is 1. The van der Waals surface area contributed by atoms with Crippen molar-refractivity contribution in [3.05, 3.63) is 36.1 Å². The van der Waals surface area contributed by atoms with Crippen molar-refractivity contribution in [2.24, 2.45) is 5.92 Å². The molecular formula is C17H19NO4. The highest BCUT2D eigenvalue weighted by Gasteiger charge is 2.27. The molecule has 0 bridgehead atoms. The fourth-order valence-electron chi connectivity index (χ4n) is 2.95. The molecule has 1 aromatic heterocycles. The Kier molecular flexibility index (Phi) is 4.13. The number of carbonyl (C=O) groups excluding carboxylic acids is 1. The van der Waals surface area contributed by atoms with Gasteiger partial charge in [0.15, 0.2) is 0 Å². The van der Waals surface area contributed by atoms with Gasteiger partial charge in [-0.3, -0.25) is 9.59 Å². The third-order valence-electron chi connectivity index (χ3n) is 4.19. The maximum Gasteiger partial charge on any atom is 0.308 e. The van der Waals surface area contributed by atoms with Crippen LogP contribution in [0.3, 0.4) is 0 Å². The van der Waals surface area contributed by atoms with E-state index < -0.39 is 11.9 Å². The average molecular weight is 301 g/mol. The van der Waals surface area contributed by atoms with Crippen LogP contribution in [0.15, 0.2) is 34.7 Å². The van der Waals surface area contributed by atoms with Gasteiger partial charge in [0.2, 0.25) is 5.91 Å². The Morgan fingerprint density at radius 2 is 2.14 bits per heavy atom. The van der Waals surface area contributed by atoms with Crippen molar-refractivity contribution >= 4 is 22.8 Å². The Balaban J connectivity index is 1.58. The first kappa shape index (κ1) is 14.6. The number of benzene rings is 1. The van der Waals surface area contributed by atoms with Crippen LogP contribution < -0.4 is 0 Å². The van der Waals surface area contributed by atoms with Crippen molar-refractivity contribution in [1.29, 1.82) is 0 Å². The summed E-state index contributed by atoms with van der Waals surface area (Å²) in [6.45, 7) is 0.983. The van der Waals surface area contributed by atoms with Crippen LogP contribution in [-0.4, -0.2) is 35.0 Å². The van der Waals surface area contributed by atoms with Crippen molar-refractivity contribution < 1.29 is 19.1 Å². The van der Waals surface area contributed by atoms with Crippen molar-refractivity contribution in [3.8, 4) is 0 Å². The number of para-hydroxylation sites is 1. The summed E-state index contributed by atoms with van der Waals surface area (Å²) in [5.74, 6) is -0.438. The normalized spacial score (nSPS) is 18.5. The van der Waals surface area contributed by atoms with E-state index in [9.17, 15) is 9.59 Å². The van der Waals surface area contributed by atoms with E-state index in [-0.39, 0.29) is 5.91 Å². The topological polar surface area (TPSA) is 70.8 Å². The number of carboxylic acids is 1. The fraction of sp³-hybridized carbons (Fsp3) is 0.412. The molecule has 1 atom stereocenters. The van der Waals surface area contributed by atoms with Crippen LogP contribution in [0.25, 0.3) is 11.0 Å². The Morgan fingerprint density at radius 3 is 2.91 bits per heavy atom. The Morgan fingerprint density at radius 1 is 1.32 bits per heavy atom. The molecule has 1 saturated heterocycles. The van der Waals surface area contributed by atoms with Crippen LogP contribution in [-0.2, 0) is 16.0 Å². The van der Waals surface area contributed by atoms with Gasteiger partial charge in [-0.05, 0) is 25.0 Å². The first-order valence-corrected chi connectivity index (χ1v) is 7.61. The minimum atomic E-state index is -0.810. The predicted octanol–water partition coefficient (Wildman–Crippen LogP) is 2.69. The largest absolute Gasteiger partial charge is 0.481 e. The second kappa shape index (κ2) is 6.22. The zero-order valence-electron chi connectivity index (χ0n) is 12.3. The number of likely N-dealkylation sites (tertiary alicyclic amines) is 1.